The molecule has 1 fully saturated rings. The van der Waals surface area contributed by atoms with Gasteiger partial charge in [-0.25, -0.2) is 8.42 Å². The first kappa shape index (κ1) is 16.1. The van der Waals surface area contributed by atoms with E-state index in [0.29, 0.717) is 0 Å². The van der Waals surface area contributed by atoms with Gasteiger partial charge < -0.3 is 5.73 Å². The maximum atomic E-state index is 12.5. The Kier molecular flexibility index (Phi) is 5.35. The molecule has 1 aromatic rings. The van der Waals surface area contributed by atoms with E-state index in [9.17, 15) is 8.42 Å². The molecular weight excluding hydrogens is 317 g/mol. The summed E-state index contributed by atoms with van der Waals surface area (Å²) in [4.78, 5) is 0.00888. The lowest BCUT2D eigenvalue weighted by atomic mass is 9.85. The van der Waals surface area contributed by atoms with Gasteiger partial charge in [0.15, 0.2) is 9.84 Å². The van der Waals surface area contributed by atoms with Crippen molar-refractivity contribution in [3.05, 3.63) is 28.2 Å². The molecule has 112 valence electrons. The van der Waals surface area contributed by atoms with E-state index in [1.54, 1.807) is 6.07 Å². The summed E-state index contributed by atoms with van der Waals surface area (Å²) in [6.45, 7) is 0. The third-order valence-corrected chi connectivity index (χ3v) is 6.64. The highest BCUT2D eigenvalue weighted by molar-refractivity contribution is 7.91. The molecule has 1 aromatic carbocycles. The largest absolute Gasteiger partial charge is 0.327 e. The van der Waals surface area contributed by atoms with Crippen molar-refractivity contribution in [2.24, 2.45) is 11.7 Å². The predicted molar refractivity (Wildman–Crippen MR) is 83.1 cm³/mol. The zero-order valence-electron chi connectivity index (χ0n) is 11.2. The normalized spacial score (nSPS) is 18.9. The topological polar surface area (TPSA) is 60.2 Å². The Hall–Kier alpha value is -0.290. The fourth-order valence-corrected chi connectivity index (χ4v) is 5.59. The molecule has 0 bridgehead atoms. The minimum Gasteiger partial charge on any atom is -0.327 e. The average Bonchev–Trinajstić information content (AvgIpc) is 2.38. The van der Waals surface area contributed by atoms with Gasteiger partial charge >= 0.3 is 0 Å². The minimum atomic E-state index is -3.56. The van der Waals surface area contributed by atoms with E-state index < -0.39 is 9.84 Å². The van der Waals surface area contributed by atoms with E-state index in [4.69, 9.17) is 28.9 Å². The Labute approximate surface area is 130 Å². The van der Waals surface area contributed by atoms with E-state index in [-0.39, 0.29) is 32.7 Å². The highest BCUT2D eigenvalue weighted by Crippen LogP contribution is 2.32. The van der Waals surface area contributed by atoms with Crippen LogP contribution < -0.4 is 5.73 Å². The van der Waals surface area contributed by atoms with Gasteiger partial charge in [0.25, 0.3) is 0 Å². The van der Waals surface area contributed by atoms with Crippen LogP contribution in [0.1, 0.15) is 32.1 Å². The number of benzene rings is 1. The van der Waals surface area contributed by atoms with E-state index in [1.807, 2.05) is 0 Å². The third-order valence-electron chi connectivity index (χ3n) is 3.90. The molecule has 0 heterocycles. The molecule has 1 aliphatic carbocycles. The fourth-order valence-electron chi connectivity index (χ4n) is 2.81. The molecule has 2 N–H and O–H groups in total. The maximum Gasteiger partial charge on any atom is 0.182 e. The molecule has 1 saturated carbocycles. The lowest BCUT2D eigenvalue weighted by Gasteiger charge is -2.27. The van der Waals surface area contributed by atoms with Crippen molar-refractivity contribution in [2.75, 3.05) is 5.75 Å². The quantitative estimate of drug-likeness (QED) is 0.912. The smallest absolute Gasteiger partial charge is 0.182 e. The van der Waals surface area contributed by atoms with Crippen LogP contribution in [0.2, 0.25) is 10.0 Å². The van der Waals surface area contributed by atoms with Gasteiger partial charge in [-0.05, 0) is 30.9 Å². The summed E-state index contributed by atoms with van der Waals surface area (Å²) in [6, 6.07) is 4.34. The second-order valence-corrected chi connectivity index (χ2v) is 8.18. The summed E-state index contributed by atoms with van der Waals surface area (Å²) in [5.74, 6) is 0.181. The van der Waals surface area contributed by atoms with Crippen LogP contribution in [0.25, 0.3) is 0 Å². The lowest BCUT2D eigenvalue weighted by molar-refractivity contribution is 0.317. The van der Waals surface area contributed by atoms with Crippen LogP contribution >= 0.6 is 23.2 Å². The predicted octanol–water partition coefficient (Wildman–Crippen LogP) is 3.67. The minimum absolute atomic E-state index is 0.00888. The zero-order chi connectivity index (χ0) is 14.8. The summed E-state index contributed by atoms with van der Waals surface area (Å²) in [5, 5.41) is 0.321. The first-order valence-electron chi connectivity index (χ1n) is 6.84. The van der Waals surface area contributed by atoms with Crippen LogP contribution in [-0.2, 0) is 9.84 Å². The number of nitrogens with two attached hydrogens (primary N) is 1. The summed E-state index contributed by atoms with van der Waals surface area (Å²) >= 11 is 12.0. The van der Waals surface area contributed by atoms with Gasteiger partial charge in [-0.2, -0.15) is 0 Å². The van der Waals surface area contributed by atoms with Crippen LogP contribution in [0.3, 0.4) is 0 Å². The van der Waals surface area contributed by atoms with Crippen molar-refractivity contribution in [2.45, 2.75) is 43.0 Å². The summed E-state index contributed by atoms with van der Waals surface area (Å²) in [7, 11) is -3.56. The molecule has 1 aliphatic rings. The molecule has 0 radical (unpaired) electrons. The number of hydrogen-bond donors (Lipinski definition) is 1. The van der Waals surface area contributed by atoms with E-state index in [0.717, 1.165) is 25.7 Å². The summed E-state index contributed by atoms with van der Waals surface area (Å²) in [6.07, 6.45) is 5.49. The average molecular weight is 336 g/mol. The fraction of sp³-hybridized carbons (Fsp3) is 0.571. The molecule has 0 saturated heterocycles. The van der Waals surface area contributed by atoms with E-state index >= 15 is 0 Å². The van der Waals surface area contributed by atoms with Gasteiger partial charge in [0.2, 0.25) is 0 Å². The van der Waals surface area contributed by atoms with Gasteiger partial charge in [0, 0.05) is 6.04 Å². The highest BCUT2D eigenvalue weighted by Gasteiger charge is 2.29. The molecule has 1 atom stereocenters. The highest BCUT2D eigenvalue weighted by atomic mass is 35.5. The molecule has 2 rings (SSSR count). The van der Waals surface area contributed by atoms with Crippen molar-refractivity contribution in [1.82, 2.24) is 0 Å². The molecular formula is C14H19Cl2NO2S. The van der Waals surface area contributed by atoms with Crippen molar-refractivity contribution >= 4 is 33.0 Å². The van der Waals surface area contributed by atoms with Crippen molar-refractivity contribution in [1.29, 1.82) is 0 Å². The second-order valence-electron chi connectivity index (χ2n) is 5.39. The molecule has 0 amide bonds. The molecule has 0 aromatic heterocycles. The standard InChI is InChI=1S/C14H19Cl2NO2S/c15-11-7-4-8-12(16)14(11)20(18,19)9-13(17)10-5-2-1-3-6-10/h4,7-8,10,13H,1-3,5-6,9,17H2. The zero-order valence-corrected chi connectivity index (χ0v) is 13.5. The van der Waals surface area contributed by atoms with Crippen LogP contribution in [0, 0.1) is 5.92 Å². The Morgan fingerprint density at radius 3 is 2.25 bits per heavy atom. The maximum absolute atomic E-state index is 12.5. The summed E-state index contributed by atoms with van der Waals surface area (Å²) in [5.41, 5.74) is 6.11. The molecule has 3 nitrogen and oxygen atoms in total. The summed E-state index contributed by atoms with van der Waals surface area (Å²) < 4.78 is 25.0. The second kappa shape index (κ2) is 6.65. The third kappa shape index (κ3) is 3.67. The molecule has 0 spiro atoms. The van der Waals surface area contributed by atoms with Gasteiger partial charge in [-0.3, -0.25) is 0 Å². The molecule has 1 unspecified atom stereocenters. The van der Waals surface area contributed by atoms with Gasteiger partial charge in [-0.15, -0.1) is 0 Å². The Morgan fingerprint density at radius 2 is 1.70 bits per heavy atom. The number of halogens is 2. The van der Waals surface area contributed by atoms with Crippen molar-refractivity contribution < 1.29 is 8.42 Å². The van der Waals surface area contributed by atoms with Crippen molar-refractivity contribution in [3.8, 4) is 0 Å². The Morgan fingerprint density at radius 1 is 1.15 bits per heavy atom. The Balaban J connectivity index is 2.18. The molecule has 6 heteroatoms. The first-order chi connectivity index (χ1) is 9.42. The van der Waals surface area contributed by atoms with Crippen LogP contribution in [0.4, 0.5) is 0 Å². The SMILES string of the molecule is NC(CS(=O)(=O)c1c(Cl)cccc1Cl)C1CCCCC1. The number of sulfone groups is 1. The Bertz CT molecular complexity index is 548. The van der Waals surface area contributed by atoms with E-state index in [2.05, 4.69) is 0 Å². The van der Waals surface area contributed by atoms with Crippen LogP contribution in [-0.4, -0.2) is 20.2 Å². The van der Waals surface area contributed by atoms with Crippen molar-refractivity contribution in [3.63, 3.8) is 0 Å². The van der Waals surface area contributed by atoms with E-state index in [1.165, 1.54) is 18.6 Å². The molecule has 20 heavy (non-hydrogen) atoms. The molecule has 0 aliphatic heterocycles. The monoisotopic (exact) mass is 335 g/mol. The van der Waals surface area contributed by atoms with Crippen LogP contribution in [0.15, 0.2) is 23.1 Å². The number of hydrogen-bond acceptors (Lipinski definition) is 3. The van der Waals surface area contributed by atoms with Crippen LogP contribution in [0.5, 0.6) is 0 Å². The number of rotatable bonds is 4. The van der Waals surface area contributed by atoms with Gasteiger partial charge in [-0.1, -0.05) is 48.5 Å². The van der Waals surface area contributed by atoms with Gasteiger partial charge in [0.05, 0.1) is 15.8 Å². The lowest BCUT2D eigenvalue weighted by Crippen LogP contribution is -2.38. The van der Waals surface area contributed by atoms with Gasteiger partial charge in [0.1, 0.15) is 4.90 Å². The first-order valence-corrected chi connectivity index (χ1v) is 9.25.